The van der Waals surface area contributed by atoms with Crippen molar-refractivity contribution < 1.29 is 19.4 Å². The number of amides is 2. The van der Waals surface area contributed by atoms with Gasteiger partial charge in [-0.2, -0.15) is 0 Å². The summed E-state index contributed by atoms with van der Waals surface area (Å²) < 4.78 is 5.22. The van der Waals surface area contributed by atoms with Gasteiger partial charge in [0.2, 0.25) is 5.91 Å². The van der Waals surface area contributed by atoms with Gasteiger partial charge in [-0.1, -0.05) is 12.1 Å². The van der Waals surface area contributed by atoms with Crippen LogP contribution < -0.4 is 11.1 Å². The number of carbonyl (C=O) groups is 2. The van der Waals surface area contributed by atoms with E-state index in [9.17, 15) is 14.7 Å². The Balaban J connectivity index is 2.05. The summed E-state index contributed by atoms with van der Waals surface area (Å²) in [6, 6.07) is 6.25. The van der Waals surface area contributed by atoms with Gasteiger partial charge in [0.25, 0.3) is 5.91 Å². The Morgan fingerprint density at radius 1 is 1.30 bits per heavy atom. The lowest BCUT2D eigenvalue weighted by Gasteiger charge is -2.34. The number of para-hydroxylation sites is 1. The van der Waals surface area contributed by atoms with Gasteiger partial charge in [-0.05, 0) is 25.0 Å². The number of carbonyl (C=O) groups excluding carboxylic acids is 2. The topological polar surface area (TPSA) is 102 Å². The van der Waals surface area contributed by atoms with Crippen LogP contribution in [0.3, 0.4) is 0 Å². The van der Waals surface area contributed by atoms with Crippen LogP contribution in [-0.4, -0.2) is 36.7 Å². The monoisotopic (exact) mass is 278 g/mol. The second-order valence-corrected chi connectivity index (χ2v) is 4.96. The molecule has 1 aromatic rings. The maximum Gasteiger partial charge on any atom is 0.255 e. The van der Waals surface area contributed by atoms with Crippen LogP contribution in [-0.2, 0) is 9.53 Å². The Morgan fingerprint density at radius 2 is 1.95 bits per heavy atom. The third-order valence-corrected chi connectivity index (χ3v) is 3.71. The van der Waals surface area contributed by atoms with Crippen molar-refractivity contribution >= 4 is 11.8 Å². The SMILES string of the molecule is NC(=O)C1(CNC(=O)c2ccccc2O)CCOCC1. The minimum atomic E-state index is -0.766. The predicted molar refractivity (Wildman–Crippen MR) is 72.1 cm³/mol. The van der Waals surface area contributed by atoms with E-state index in [1.54, 1.807) is 12.1 Å². The first-order valence-corrected chi connectivity index (χ1v) is 6.49. The van der Waals surface area contributed by atoms with E-state index in [0.29, 0.717) is 26.1 Å². The van der Waals surface area contributed by atoms with E-state index in [0.717, 1.165) is 0 Å². The van der Waals surface area contributed by atoms with Gasteiger partial charge in [-0.15, -0.1) is 0 Å². The molecule has 0 spiro atoms. The summed E-state index contributed by atoms with van der Waals surface area (Å²) in [5.41, 5.74) is 4.88. The number of rotatable bonds is 4. The number of nitrogens with one attached hydrogen (secondary N) is 1. The summed E-state index contributed by atoms with van der Waals surface area (Å²) >= 11 is 0. The fraction of sp³-hybridized carbons (Fsp3) is 0.429. The van der Waals surface area contributed by atoms with Crippen LogP contribution in [0.2, 0.25) is 0 Å². The normalized spacial score (nSPS) is 17.4. The average Bonchev–Trinajstić information content (AvgIpc) is 2.46. The van der Waals surface area contributed by atoms with E-state index >= 15 is 0 Å². The molecule has 1 saturated heterocycles. The van der Waals surface area contributed by atoms with Crippen LogP contribution in [0.5, 0.6) is 5.75 Å². The lowest BCUT2D eigenvalue weighted by Crippen LogP contribution is -2.49. The molecule has 0 atom stereocenters. The van der Waals surface area contributed by atoms with Gasteiger partial charge in [0.05, 0.1) is 11.0 Å². The molecule has 1 aromatic carbocycles. The van der Waals surface area contributed by atoms with Crippen molar-refractivity contribution in [1.82, 2.24) is 5.32 Å². The van der Waals surface area contributed by atoms with E-state index in [1.165, 1.54) is 12.1 Å². The van der Waals surface area contributed by atoms with Gasteiger partial charge >= 0.3 is 0 Å². The molecule has 0 aliphatic carbocycles. The van der Waals surface area contributed by atoms with Crippen LogP contribution in [0.1, 0.15) is 23.2 Å². The van der Waals surface area contributed by atoms with E-state index in [4.69, 9.17) is 10.5 Å². The summed E-state index contributed by atoms with van der Waals surface area (Å²) in [5, 5.41) is 12.3. The standard InChI is InChI=1S/C14H18N2O4/c15-13(19)14(5-7-20-8-6-14)9-16-12(18)10-3-1-2-4-11(10)17/h1-4,17H,5-9H2,(H2,15,19)(H,16,18). The molecule has 20 heavy (non-hydrogen) atoms. The van der Waals surface area contributed by atoms with E-state index < -0.39 is 17.2 Å². The predicted octanol–water partition coefficient (Wildman–Crippen LogP) is 0.404. The number of nitrogens with two attached hydrogens (primary N) is 1. The quantitative estimate of drug-likeness (QED) is 0.742. The molecule has 1 heterocycles. The summed E-state index contributed by atoms with van der Waals surface area (Å²) in [6.45, 7) is 1.06. The van der Waals surface area contributed by atoms with Crippen LogP contribution in [0.25, 0.3) is 0 Å². The number of hydrogen-bond acceptors (Lipinski definition) is 4. The van der Waals surface area contributed by atoms with Crippen LogP contribution in [0.15, 0.2) is 24.3 Å². The van der Waals surface area contributed by atoms with Crippen molar-refractivity contribution in [2.24, 2.45) is 11.1 Å². The molecular weight excluding hydrogens is 260 g/mol. The Kier molecular flexibility index (Phi) is 4.24. The highest BCUT2D eigenvalue weighted by Gasteiger charge is 2.38. The summed E-state index contributed by atoms with van der Waals surface area (Å²) in [4.78, 5) is 23.7. The molecule has 0 unspecified atom stereocenters. The minimum Gasteiger partial charge on any atom is -0.507 e. The summed E-state index contributed by atoms with van der Waals surface area (Å²) in [5.74, 6) is -0.946. The second-order valence-electron chi connectivity index (χ2n) is 4.96. The summed E-state index contributed by atoms with van der Waals surface area (Å²) in [7, 11) is 0. The molecule has 108 valence electrons. The van der Waals surface area contributed by atoms with E-state index in [2.05, 4.69) is 5.32 Å². The number of aromatic hydroxyl groups is 1. The van der Waals surface area contributed by atoms with Gasteiger partial charge in [-0.3, -0.25) is 9.59 Å². The fourth-order valence-electron chi connectivity index (χ4n) is 2.28. The van der Waals surface area contributed by atoms with Crippen molar-refractivity contribution in [2.75, 3.05) is 19.8 Å². The maximum atomic E-state index is 12.0. The molecule has 2 rings (SSSR count). The van der Waals surface area contributed by atoms with Crippen molar-refractivity contribution in [3.05, 3.63) is 29.8 Å². The van der Waals surface area contributed by atoms with Gasteiger partial charge < -0.3 is 20.9 Å². The van der Waals surface area contributed by atoms with Crippen molar-refractivity contribution in [3.63, 3.8) is 0 Å². The van der Waals surface area contributed by atoms with Crippen molar-refractivity contribution in [3.8, 4) is 5.75 Å². The number of hydrogen-bond donors (Lipinski definition) is 3. The van der Waals surface area contributed by atoms with Crippen LogP contribution in [0.4, 0.5) is 0 Å². The smallest absolute Gasteiger partial charge is 0.255 e. The second kappa shape index (κ2) is 5.92. The van der Waals surface area contributed by atoms with Gasteiger partial charge in [0.15, 0.2) is 0 Å². The molecule has 6 heteroatoms. The van der Waals surface area contributed by atoms with Gasteiger partial charge in [-0.25, -0.2) is 0 Å². The third kappa shape index (κ3) is 2.91. The third-order valence-electron chi connectivity index (χ3n) is 3.71. The molecule has 0 radical (unpaired) electrons. The number of phenolic OH excluding ortho intramolecular Hbond substituents is 1. The lowest BCUT2D eigenvalue weighted by molar-refractivity contribution is -0.132. The number of phenols is 1. The van der Waals surface area contributed by atoms with Crippen molar-refractivity contribution in [1.29, 1.82) is 0 Å². The molecule has 6 nitrogen and oxygen atoms in total. The molecular formula is C14H18N2O4. The highest BCUT2D eigenvalue weighted by Crippen LogP contribution is 2.29. The molecule has 0 saturated carbocycles. The van der Waals surface area contributed by atoms with Crippen LogP contribution in [0, 0.1) is 5.41 Å². The maximum absolute atomic E-state index is 12.0. The molecule has 2 amide bonds. The Hall–Kier alpha value is -2.08. The number of primary amides is 1. The molecule has 1 aliphatic heterocycles. The Labute approximate surface area is 116 Å². The first-order valence-electron chi connectivity index (χ1n) is 6.49. The molecule has 0 aromatic heterocycles. The Bertz CT molecular complexity index is 510. The highest BCUT2D eigenvalue weighted by atomic mass is 16.5. The largest absolute Gasteiger partial charge is 0.507 e. The zero-order valence-corrected chi connectivity index (χ0v) is 11.1. The molecule has 1 fully saturated rings. The fourth-order valence-corrected chi connectivity index (χ4v) is 2.28. The number of benzene rings is 1. The zero-order valence-electron chi connectivity index (χ0n) is 11.1. The first-order chi connectivity index (χ1) is 9.55. The minimum absolute atomic E-state index is 0.0925. The van der Waals surface area contributed by atoms with Crippen molar-refractivity contribution in [2.45, 2.75) is 12.8 Å². The zero-order chi connectivity index (χ0) is 14.6. The highest BCUT2D eigenvalue weighted by molar-refractivity contribution is 5.97. The molecule has 0 bridgehead atoms. The first kappa shape index (κ1) is 14.3. The Morgan fingerprint density at radius 3 is 2.55 bits per heavy atom. The number of ether oxygens (including phenoxy) is 1. The van der Waals surface area contributed by atoms with Gasteiger partial charge in [0.1, 0.15) is 5.75 Å². The average molecular weight is 278 g/mol. The summed E-state index contributed by atoms with van der Waals surface area (Å²) in [6.07, 6.45) is 0.979. The van der Waals surface area contributed by atoms with Gasteiger partial charge in [0, 0.05) is 19.8 Å². The van der Waals surface area contributed by atoms with Crippen LogP contribution >= 0.6 is 0 Å². The lowest BCUT2D eigenvalue weighted by atomic mass is 9.79. The molecule has 4 N–H and O–H groups in total. The molecule has 1 aliphatic rings. The van der Waals surface area contributed by atoms with E-state index in [-0.39, 0.29) is 17.9 Å². The van der Waals surface area contributed by atoms with E-state index in [1.807, 2.05) is 0 Å².